The molecule has 0 aliphatic rings. The fourth-order valence-electron chi connectivity index (χ4n) is 1.23. The van der Waals surface area contributed by atoms with Crippen molar-refractivity contribution in [1.29, 1.82) is 0 Å². The van der Waals surface area contributed by atoms with Crippen molar-refractivity contribution >= 4 is 15.7 Å². The van der Waals surface area contributed by atoms with E-state index in [4.69, 9.17) is 5.73 Å². The van der Waals surface area contributed by atoms with Crippen molar-refractivity contribution in [1.82, 2.24) is 10.0 Å². The summed E-state index contributed by atoms with van der Waals surface area (Å²) < 4.78 is 24.5. The number of para-hydroxylation sites is 1. The normalized spacial score (nSPS) is 11.6. The molecule has 0 atom stereocenters. The number of benzene rings is 1. The number of sulfonamides is 1. The molecule has 4 N–H and O–H groups in total. The lowest BCUT2D eigenvalue weighted by atomic mass is 10.2. The van der Waals surface area contributed by atoms with E-state index in [9.17, 15) is 8.42 Å². The Labute approximate surface area is 96.1 Å². The predicted octanol–water partition coefficient (Wildman–Crippen LogP) is -0.0924. The first-order valence-electron chi connectivity index (χ1n) is 5.00. The van der Waals surface area contributed by atoms with Crippen molar-refractivity contribution in [3.05, 3.63) is 29.8 Å². The molecule has 0 aliphatic carbocycles. The van der Waals surface area contributed by atoms with Crippen LogP contribution in [0, 0.1) is 0 Å². The summed E-state index contributed by atoms with van der Waals surface area (Å²) >= 11 is 0. The third-order valence-electron chi connectivity index (χ3n) is 2.23. The van der Waals surface area contributed by atoms with Crippen LogP contribution < -0.4 is 15.8 Å². The number of hydrogen-bond donors (Lipinski definition) is 3. The molecule has 90 valence electrons. The summed E-state index contributed by atoms with van der Waals surface area (Å²) in [6.07, 6.45) is 0. The molecule has 0 heterocycles. The second-order valence-corrected chi connectivity index (χ2v) is 5.44. The fourth-order valence-corrected chi connectivity index (χ4v) is 1.84. The van der Waals surface area contributed by atoms with Gasteiger partial charge in [0.25, 0.3) is 0 Å². The van der Waals surface area contributed by atoms with Crippen LogP contribution in [-0.2, 0) is 16.6 Å². The number of nitrogen functional groups attached to an aromatic ring is 1. The minimum Gasteiger partial charge on any atom is -0.398 e. The van der Waals surface area contributed by atoms with Crippen molar-refractivity contribution in [2.24, 2.45) is 0 Å². The summed E-state index contributed by atoms with van der Waals surface area (Å²) in [7, 11) is -1.72. The van der Waals surface area contributed by atoms with E-state index in [0.29, 0.717) is 18.8 Å². The number of nitrogens with one attached hydrogen (secondary N) is 2. The molecule has 1 aromatic rings. The first kappa shape index (κ1) is 13.0. The highest BCUT2D eigenvalue weighted by Crippen LogP contribution is 2.09. The maximum atomic E-state index is 11.1. The van der Waals surface area contributed by atoms with Gasteiger partial charge in [-0.1, -0.05) is 18.2 Å². The van der Waals surface area contributed by atoms with Crippen LogP contribution >= 0.6 is 0 Å². The Morgan fingerprint density at radius 3 is 2.62 bits per heavy atom. The van der Waals surface area contributed by atoms with Crippen LogP contribution in [0.5, 0.6) is 0 Å². The first-order valence-corrected chi connectivity index (χ1v) is 6.66. The number of rotatable bonds is 6. The van der Waals surface area contributed by atoms with Crippen LogP contribution in [0.4, 0.5) is 5.69 Å². The van der Waals surface area contributed by atoms with Crippen molar-refractivity contribution < 1.29 is 8.42 Å². The molecule has 16 heavy (non-hydrogen) atoms. The van der Waals surface area contributed by atoms with E-state index in [1.807, 2.05) is 24.3 Å². The summed E-state index contributed by atoms with van der Waals surface area (Å²) in [5.74, 6) is 0.0657. The quantitative estimate of drug-likeness (QED) is 0.481. The SMILES string of the molecule is CNS(=O)(=O)CCNCc1ccccc1N. The number of nitrogens with two attached hydrogens (primary N) is 1. The van der Waals surface area contributed by atoms with Gasteiger partial charge in [-0.05, 0) is 18.7 Å². The first-order chi connectivity index (χ1) is 7.55. The summed E-state index contributed by atoms with van der Waals surface area (Å²) in [5, 5.41) is 3.03. The number of anilines is 1. The molecular weight excluding hydrogens is 226 g/mol. The van der Waals surface area contributed by atoms with E-state index in [2.05, 4.69) is 10.0 Å². The molecule has 0 aliphatic heterocycles. The average Bonchev–Trinajstić information content (AvgIpc) is 2.27. The highest BCUT2D eigenvalue weighted by Gasteiger charge is 2.05. The molecule has 5 nitrogen and oxygen atoms in total. The Hall–Kier alpha value is -1.11. The van der Waals surface area contributed by atoms with Gasteiger partial charge in [0.1, 0.15) is 0 Å². The zero-order valence-electron chi connectivity index (χ0n) is 9.23. The fraction of sp³-hybridized carbons (Fsp3) is 0.400. The third-order valence-corrected chi connectivity index (χ3v) is 3.59. The zero-order chi connectivity index (χ0) is 12.0. The lowest BCUT2D eigenvalue weighted by Gasteiger charge is -2.07. The molecule has 1 rings (SSSR count). The summed E-state index contributed by atoms with van der Waals surface area (Å²) in [6, 6.07) is 7.50. The van der Waals surface area contributed by atoms with Crippen LogP contribution in [0.15, 0.2) is 24.3 Å². The summed E-state index contributed by atoms with van der Waals surface area (Å²) in [5.41, 5.74) is 7.43. The van der Waals surface area contributed by atoms with Gasteiger partial charge in [-0.15, -0.1) is 0 Å². The van der Waals surface area contributed by atoms with Crippen LogP contribution in [-0.4, -0.2) is 27.8 Å². The Balaban J connectivity index is 2.35. The van der Waals surface area contributed by atoms with Gasteiger partial charge in [0, 0.05) is 18.8 Å². The van der Waals surface area contributed by atoms with Crippen molar-refractivity contribution in [2.45, 2.75) is 6.54 Å². The molecule has 0 aromatic heterocycles. The molecule has 0 amide bonds. The molecule has 0 saturated heterocycles. The maximum absolute atomic E-state index is 11.1. The standard InChI is InChI=1S/C10H17N3O2S/c1-12-16(14,15)7-6-13-8-9-4-2-3-5-10(9)11/h2-5,12-13H,6-8,11H2,1H3. The minimum atomic E-state index is -3.13. The molecule has 0 fully saturated rings. The second-order valence-electron chi connectivity index (χ2n) is 3.40. The Morgan fingerprint density at radius 2 is 2.00 bits per heavy atom. The maximum Gasteiger partial charge on any atom is 0.212 e. The van der Waals surface area contributed by atoms with Crippen LogP contribution in [0.3, 0.4) is 0 Å². The van der Waals surface area contributed by atoms with Gasteiger partial charge in [-0.3, -0.25) is 0 Å². The lowest BCUT2D eigenvalue weighted by molar-refractivity contribution is 0.583. The molecule has 1 aromatic carbocycles. The van der Waals surface area contributed by atoms with Gasteiger partial charge >= 0.3 is 0 Å². The highest BCUT2D eigenvalue weighted by molar-refractivity contribution is 7.89. The van der Waals surface area contributed by atoms with E-state index in [1.165, 1.54) is 7.05 Å². The van der Waals surface area contributed by atoms with Crippen LogP contribution in [0.25, 0.3) is 0 Å². The molecule has 0 bridgehead atoms. The van der Waals surface area contributed by atoms with E-state index in [1.54, 1.807) is 0 Å². The molecule has 0 radical (unpaired) electrons. The molecule has 0 unspecified atom stereocenters. The van der Waals surface area contributed by atoms with Gasteiger partial charge < -0.3 is 11.1 Å². The van der Waals surface area contributed by atoms with Crippen molar-refractivity contribution in [3.8, 4) is 0 Å². The van der Waals surface area contributed by atoms with Gasteiger partial charge in [-0.2, -0.15) is 0 Å². The van der Waals surface area contributed by atoms with Gasteiger partial charge in [0.05, 0.1) is 5.75 Å². The van der Waals surface area contributed by atoms with Gasteiger partial charge in [0.2, 0.25) is 10.0 Å². The lowest BCUT2D eigenvalue weighted by Crippen LogP contribution is -2.29. The largest absolute Gasteiger partial charge is 0.398 e. The summed E-state index contributed by atoms with van der Waals surface area (Å²) in [6.45, 7) is 0.976. The van der Waals surface area contributed by atoms with E-state index in [0.717, 1.165) is 5.56 Å². The highest BCUT2D eigenvalue weighted by atomic mass is 32.2. The average molecular weight is 243 g/mol. The van der Waals surface area contributed by atoms with Gasteiger partial charge in [0.15, 0.2) is 0 Å². The minimum absolute atomic E-state index is 0.0657. The van der Waals surface area contributed by atoms with Crippen LogP contribution in [0.2, 0.25) is 0 Å². The molecular formula is C10H17N3O2S. The Kier molecular flexibility index (Phi) is 4.72. The zero-order valence-corrected chi connectivity index (χ0v) is 10.0. The van der Waals surface area contributed by atoms with Crippen molar-refractivity contribution in [3.63, 3.8) is 0 Å². The van der Waals surface area contributed by atoms with Gasteiger partial charge in [-0.25, -0.2) is 13.1 Å². The Morgan fingerprint density at radius 1 is 1.31 bits per heavy atom. The topological polar surface area (TPSA) is 84.2 Å². The number of hydrogen-bond acceptors (Lipinski definition) is 4. The van der Waals surface area contributed by atoms with E-state index in [-0.39, 0.29) is 5.75 Å². The monoisotopic (exact) mass is 243 g/mol. The van der Waals surface area contributed by atoms with Crippen molar-refractivity contribution in [2.75, 3.05) is 25.1 Å². The van der Waals surface area contributed by atoms with Crippen LogP contribution in [0.1, 0.15) is 5.56 Å². The van der Waals surface area contributed by atoms with E-state index < -0.39 is 10.0 Å². The molecule has 6 heteroatoms. The smallest absolute Gasteiger partial charge is 0.212 e. The summed E-state index contributed by atoms with van der Waals surface area (Å²) in [4.78, 5) is 0. The third kappa shape index (κ3) is 4.18. The molecule has 0 saturated carbocycles. The predicted molar refractivity (Wildman–Crippen MR) is 65.4 cm³/mol. The Bertz CT molecular complexity index is 431. The molecule has 0 spiro atoms. The van der Waals surface area contributed by atoms with E-state index >= 15 is 0 Å². The second kappa shape index (κ2) is 5.83.